The summed E-state index contributed by atoms with van der Waals surface area (Å²) in [5, 5.41) is 3.81. The second kappa shape index (κ2) is 5.12. The first-order valence-electron chi connectivity index (χ1n) is 6.02. The van der Waals surface area contributed by atoms with Gasteiger partial charge in [-0.05, 0) is 18.9 Å². The van der Waals surface area contributed by atoms with E-state index in [9.17, 15) is 4.55 Å². The number of pyridine rings is 1. The van der Waals surface area contributed by atoms with E-state index in [-0.39, 0.29) is 0 Å². The highest BCUT2D eigenvalue weighted by Gasteiger charge is 2.20. The van der Waals surface area contributed by atoms with Crippen molar-refractivity contribution in [3.8, 4) is 11.5 Å². The molecule has 3 heterocycles. The molecule has 0 amide bonds. The molecule has 3 aromatic rings. The van der Waals surface area contributed by atoms with Gasteiger partial charge in [-0.15, -0.1) is 0 Å². The van der Waals surface area contributed by atoms with Crippen molar-refractivity contribution >= 4 is 32.9 Å². The van der Waals surface area contributed by atoms with E-state index in [1.165, 1.54) is 11.3 Å². The highest BCUT2D eigenvalue weighted by atomic mass is 32.2. The number of thiazole rings is 1. The van der Waals surface area contributed by atoms with Gasteiger partial charge in [-0.1, -0.05) is 23.4 Å². The third kappa shape index (κ3) is 2.19. The minimum atomic E-state index is -1.10. The molecule has 1 atom stereocenters. The summed E-state index contributed by atoms with van der Waals surface area (Å²) in [5.41, 5.74) is 2.49. The molecule has 1 unspecified atom stereocenters. The van der Waals surface area contributed by atoms with Crippen LogP contribution in [-0.2, 0) is 17.6 Å². The Morgan fingerprint density at radius 2 is 2.20 bits per heavy atom. The quantitative estimate of drug-likeness (QED) is 0.690. The maximum Gasteiger partial charge on any atom is 0.303 e. The molecule has 0 aliphatic heterocycles. The molecule has 104 valence electrons. The Labute approximate surface area is 122 Å². The summed E-state index contributed by atoms with van der Waals surface area (Å²) in [4.78, 5) is 12.9. The summed E-state index contributed by atoms with van der Waals surface area (Å²) in [6, 6.07) is 0. The normalized spacial score (nSPS) is 13.0. The van der Waals surface area contributed by atoms with Gasteiger partial charge in [0.25, 0.3) is 5.89 Å². The molecular formula is C12H12N4O2S2. The van der Waals surface area contributed by atoms with Gasteiger partial charge in [-0.3, -0.25) is 0 Å². The van der Waals surface area contributed by atoms with Crippen LogP contribution in [0.25, 0.3) is 21.8 Å². The minimum absolute atomic E-state index is 0.460. The van der Waals surface area contributed by atoms with Gasteiger partial charge in [0.15, 0.2) is 11.5 Å². The maximum atomic E-state index is 11.6. The molecule has 8 heteroatoms. The Balaban J connectivity index is 2.23. The first kappa shape index (κ1) is 13.5. The summed E-state index contributed by atoms with van der Waals surface area (Å²) < 4.78 is 18.3. The average molecular weight is 308 g/mol. The Morgan fingerprint density at radius 3 is 2.80 bits per heavy atom. The van der Waals surface area contributed by atoms with E-state index >= 15 is 0 Å². The lowest BCUT2D eigenvalue weighted by Crippen LogP contribution is -1.95. The zero-order valence-electron chi connectivity index (χ0n) is 11.2. The summed E-state index contributed by atoms with van der Waals surface area (Å²) in [6.45, 7) is 3.82. The Hall–Kier alpha value is -1.51. The SMILES string of the molecule is CCc1c(-c2nc(C)no2)cnc2nc([S+](C)[O-])sc12. The molecule has 0 aromatic carbocycles. The fourth-order valence-corrected chi connectivity index (χ4v) is 3.78. The third-order valence-corrected chi connectivity index (χ3v) is 5.30. The smallest absolute Gasteiger partial charge is 0.303 e. The van der Waals surface area contributed by atoms with Crippen LogP contribution < -0.4 is 0 Å². The summed E-state index contributed by atoms with van der Waals surface area (Å²) >= 11 is 0.306. The molecule has 0 radical (unpaired) electrons. The number of hydrogen-bond donors (Lipinski definition) is 0. The van der Waals surface area contributed by atoms with Crippen molar-refractivity contribution in [3.63, 3.8) is 0 Å². The van der Waals surface area contributed by atoms with Gasteiger partial charge < -0.3 is 9.08 Å². The van der Waals surface area contributed by atoms with Crippen LogP contribution in [0.15, 0.2) is 15.1 Å². The van der Waals surface area contributed by atoms with E-state index in [2.05, 4.69) is 20.1 Å². The number of rotatable bonds is 3. The molecule has 20 heavy (non-hydrogen) atoms. The van der Waals surface area contributed by atoms with Gasteiger partial charge in [-0.2, -0.15) is 9.97 Å². The van der Waals surface area contributed by atoms with Crippen molar-refractivity contribution < 1.29 is 9.08 Å². The van der Waals surface area contributed by atoms with E-state index < -0.39 is 11.2 Å². The fraction of sp³-hybridized carbons (Fsp3) is 0.333. The Morgan fingerprint density at radius 1 is 1.40 bits per heavy atom. The standard InChI is InChI=1S/C12H12N4O2S2/c1-4-7-8(11-14-6(2)16-18-11)5-13-10-9(7)19-12(15-10)20(3)17/h5H,4H2,1-3H3. The Bertz CT molecular complexity index is 766. The Kier molecular flexibility index (Phi) is 3.45. The first-order valence-corrected chi connectivity index (χ1v) is 8.40. The highest BCUT2D eigenvalue weighted by molar-refractivity contribution is 7.92. The van der Waals surface area contributed by atoms with Gasteiger partial charge >= 0.3 is 4.34 Å². The number of aryl methyl sites for hydroxylation is 2. The molecule has 0 N–H and O–H groups in total. The summed E-state index contributed by atoms with van der Waals surface area (Å²) in [7, 11) is 0. The van der Waals surface area contributed by atoms with Crippen LogP contribution >= 0.6 is 11.3 Å². The molecule has 0 aliphatic carbocycles. The van der Waals surface area contributed by atoms with Gasteiger partial charge in [0.1, 0.15) is 6.26 Å². The van der Waals surface area contributed by atoms with Gasteiger partial charge in [-0.25, -0.2) is 4.98 Å². The first-order chi connectivity index (χ1) is 9.60. The summed E-state index contributed by atoms with van der Waals surface area (Å²) in [5.74, 6) is 1.04. The number of aromatic nitrogens is 4. The van der Waals surface area contributed by atoms with Gasteiger partial charge in [0.2, 0.25) is 0 Å². The van der Waals surface area contributed by atoms with E-state index in [0.29, 0.717) is 21.7 Å². The van der Waals surface area contributed by atoms with E-state index in [1.54, 1.807) is 19.4 Å². The number of fused-ring (bicyclic) bond motifs is 1. The summed E-state index contributed by atoms with van der Waals surface area (Å²) in [6.07, 6.45) is 4.09. The second-order valence-corrected chi connectivity index (χ2v) is 6.79. The molecule has 0 saturated heterocycles. The topological polar surface area (TPSA) is 87.8 Å². The van der Waals surface area contributed by atoms with Gasteiger partial charge in [0, 0.05) is 17.4 Å². The minimum Gasteiger partial charge on any atom is -0.610 e. The molecule has 0 aliphatic rings. The van der Waals surface area contributed by atoms with Crippen molar-refractivity contribution in [2.45, 2.75) is 24.6 Å². The molecule has 0 spiro atoms. The van der Waals surface area contributed by atoms with Crippen LogP contribution in [0.4, 0.5) is 0 Å². The predicted octanol–water partition coefficient (Wildman–Crippen LogP) is 2.35. The van der Waals surface area contributed by atoms with Crippen LogP contribution in [0.2, 0.25) is 0 Å². The van der Waals surface area contributed by atoms with Crippen molar-refractivity contribution in [2.75, 3.05) is 6.26 Å². The molecule has 6 nitrogen and oxygen atoms in total. The van der Waals surface area contributed by atoms with E-state index in [0.717, 1.165) is 22.2 Å². The van der Waals surface area contributed by atoms with Gasteiger partial charge in [0.05, 0.1) is 10.3 Å². The lowest BCUT2D eigenvalue weighted by atomic mass is 10.1. The molecule has 3 rings (SSSR count). The average Bonchev–Trinajstić information content (AvgIpc) is 3.03. The lowest BCUT2D eigenvalue weighted by Gasteiger charge is -2.03. The molecule has 0 bridgehead atoms. The largest absolute Gasteiger partial charge is 0.610 e. The third-order valence-electron chi connectivity index (χ3n) is 2.86. The molecule has 0 saturated carbocycles. The van der Waals surface area contributed by atoms with Crippen molar-refractivity contribution in [1.82, 2.24) is 20.1 Å². The van der Waals surface area contributed by atoms with Crippen LogP contribution in [-0.4, -0.2) is 30.9 Å². The lowest BCUT2D eigenvalue weighted by molar-refractivity contribution is 0.425. The predicted molar refractivity (Wildman–Crippen MR) is 77.2 cm³/mol. The van der Waals surface area contributed by atoms with E-state index in [1.807, 2.05) is 6.92 Å². The number of nitrogens with zero attached hydrogens (tertiary/aromatic N) is 4. The maximum absolute atomic E-state index is 11.6. The number of hydrogen-bond acceptors (Lipinski definition) is 7. The van der Waals surface area contributed by atoms with Crippen molar-refractivity contribution in [3.05, 3.63) is 17.6 Å². The zero-order valence-corrected chi connectivity index (χ0v) is 12.8. The second-order valence-electron chi connectivity index (χ2n) is 4.24. The fourth-order valence-electron chi connectivity index (χ4n) is 1.97. The monoisotopic (exact) mass is 308 g/mol. The highest BCUT2D eigenvalue weighted by Crippen LogP contribution is 2.33. The molecular weight excluding hydrogens is 296 g/mol. The van der Waals surface area contributed by atoms with E-state index in [4.69, 9.17) is 4.52 Å². The van der Waals surface area contributed by atoms with Crippen LogP contribution in [0.5, 0.6) is 0 Å². The molecule has 0 fully saturated rings. The molecule has 3 aromatic heterocycles. The zero-order chi connectivity index (χ0) is 14.3. The van der Waals surface area contributed by atoms with Crippen molar-refractivity contribution in [1.29, 1.82) is 0 Å². The van der Waals surface area contributed by atoms with Crippen LogP contribution in [0, 0.1) is 6.92 Å². The van der Waals surface area contributed by atoms with Crippen LogP contribution in [0.3, 0.4) is 0 Å². The van der Waals surface area contributed by atoms with Crippen LogP contribution in [0.1, 0.15) is 18.3 Å². The van der Waals surface area contributed by atoms with Crippen molar-refractivity contribution in [2.24, 2.45) is 0 Å².